The minimum absolute atomic E-state index is 0.214. The molecule has 0 spiro atoms. The van der Waals surface area contributed by atoms with Crippen LogP contribution in [0.4, 0.5) is 0 Å². The third kappa shape index (κ3) is 4.06. The molecule has 4 heteroatoms. The van der Waals surface area contributed by atoms with Crippen LogP contribution in [0.25, 0.3) is 0 Å². The molecule has 1 aliphatic carbocycles. The van der Waals surface area contributed by atoms with Gasteiger partial charge in [0.1, 0.15) is 9.84 Å². The van der Waals surface area contributed by atoms with Gasteiger partial charge in [0.2, 0.25) is 0 Å². The zero-order valence-electron chi connectivity index (χ0n) is 10.5. The molecule has 96 valence electrons. The van der Waals surface area contributed by atoms with Crippen LogP contribution in [0.3, 0.4) is 0 Å². The summed E-state index contributed by atoms with van der Waals surface area (Å²) in [6, 6.07) is 0. The van der Waals surface area contributed by atoms with E-state index in [1.807, 2.05) is 0 Å². The summed E-state index contributed by atoms with van der Waals surface area (Å²) in [5.41, 5.74) is 6.06. The average molecular weight is 247 g/mol. The van der Waals surface area contributed by atoms with Gasteiger partial charge in [-0.15, -0.1) is 0 Å². The second kappa shape index (κ2) is 5.50. The summed E-state index contributed by atoms with van der Waals surface area (Å²) in [6.07, 6.45) is 6.18. The van der Waals surface area contributed by atoms with Gasteiger partial charge in [0.15, 0.2) is 0 Å². The summed E-state index contributed by atoms with van der Waals surface area (Å²) in [6.45, 7) is 3.92. The molecule has 0 radical (unpaired) electrons. The number of nitrogens with two attached hydrogens (primary N) is 1. The van der Waals surface area contributed by atoms with Crippen LogP contribution in [0.1, 0.15) is 52.4 Å². The molecule has 1 fully saturated rings. The van der Waals surface area contributed by atoms with Crippen molar-refractivity contribution in [3.8, 4) is 0 Å². The molecule has 3 nitrogen and oxygen atoms in total. The van der Waals surface area contributed by atoms with Crippen molar-refractivity contribution in [2.24, 2.45) is 11.7 Å². The smallest absolute Gasteiger partial charge is 0.150 e. The van der Waals surface area contributed by atoms with Crippen LogP contribution in [0.5, 0.6) is 0 Å². The second-order valence-electron chi connectivity index (χ2n) is 5.20. The van der Waals surface area contributed by atoms with Gasteiger partial charge in [-0.2, -0.15) is 0 Å². The number of rotatable bonds is 5. The molecule has 0 aliphatic heterocycles. The highest BCUT2D eigenvalue weighted by atomic mass is 32.2. The molecule has 0 aromatic heterocycles. The largest absolute Gasteiger partial charge is 0.325 e. The Bertz CT molecular complexity index is 303. The van der Waals surface area contributed by atoms with Gasteiger partial charge in [-0.1, -0.05) is 20.3 Å². The number of hydrogen-bond donors (Lipinski definition) is 1. The molecule has 1 aliphatic rings. The van der Waals surface area contributed by atoms with Gasteiger partial charge in [0.25, 0.3) is 0 Å². The Morgan fingerprint density at radius 1 is 1.25 bits per heavy atom. The van der Waals surface area contributed by atoms with E-state index in [9.17, 15) is 8.42 Å². The molecule has 16 heavy (non-hydrogen) atoms. The lowest BCUT2D eigenvalue weighted by Crippen LogP contribution is -2.44. The van der Waals surface area contributed by atoms with Gasteiger partial charge in [-0.3, -0.25) is 0 Å². The Hall–Kier alpha value is -0.0900. The molecular formula is C12H25NO2S. The summed E-state index contributed by atoms with van der Waals surface area (Å²) in [7, 11) is -2.86. The quantitative estimate of drug-likeness (QED) is 0.809. The van der Waals surface area contributed by atoms with Crippen molar-refractivity contribution in [1.82, 2.24) is 0 Å². The van der Waals surface area contributed by atoms with Gasteiger partial charge in [-0.05, 0) is 38.0 Å². The van der Waals surface area contributed by atoms with Crippen LogP contribution in [-0.4, -0.2) is 25.5 Å². The van der Waals surface area contributed by atoms with Crippen LogP contribution in [0.15, 0.2) is 0 Å². The Kier molecular flexibility index (Phi) is 4.80. The Balaban J connectivity index is 2.43. The van der Waals surface area contributed by atoms with E-state index in [2.05, 4.69) is 6.92 Å². The minimum atomic E-state index is -2.86. The van der Waals surface area contributed by atoms with Gasteiger partial charge in [0, 0.05) is 11.3 Å². The van der Waals surface area contributed by atoms with Gasteiger partial charge >= 0.3 is 0 Å². The number of sulfone groups is 1. The first-order valence-electron chi connectivity index (χ1n) is 6.40. The van der Waals surface area contributed by atoms with Crippen molar-refractivity contribution in [1.29, 1.82) is 0 Å². The molecule has 0 amide bonds. The Labute approximate surface area is 99.7 Å². The predicted molar refractivity (Wildman–Crippen MR) is 68.1 cm³/mol. The fraction of sp³-hybridized carbons (Fsp3) is 1.00. The lowest BCUT2D eigenvalue weighted by Gasteiger charge is -2.37. The van der Waals surface area contributed by atoms with Crippen LogP contribution in [0, 0.1) is 5.92 Å². The highest BCUT2D eigenvalue weighted by molar-refractivity contribution is 7.91. The number of hydrogen-bond acceptors (Lipinski definition) is 3. The van der Waals surface area contributed by atoms with E-state index in [0.717, 1.165) is 18.8 Å². The molecule has 1 saturated carbocycles. The van der Waals surface area contributed by atoms with Crippen LogP contribution in [-0.2, 0) is 9.84 Å². The maximum absolute atomic E-state index is 11.4. The summed E-state index contributed by atoms with van der Waals surface area (Å²) in [4.78, 5) is 0. The van der Waals surface area contributed by atoms with E-state index in [4.69, 9.17) is 5.73 Å². The first-order valence-corrected chi connectivity index (χ1v) is 8.22. The molecule has 0 aromatic carbocycles. The van der Waals surface area contributed by atoms with Crippen molar-refractivity contribution >= 4 is 9.84 Å². The van der Waals surface area contributed by atoms with E-state index < -0.39 is 9.84 Å². The first-order chi connectivity index (χ1) is 7.41. The molecule has 0 aromatic rings. The zero-order valence-corrected chi connectivity index (χ0v) is 11.4. The van der Waals surface area contributed by atoms with E-state index in [1.165, 1.54) is 19.3 Å². The van der Waals surface area contributed by atoms with Crippen molar-refractivity contribution in [2.75, 3.05) is 11.5 Å². The predicted octanol–water partition coefficient (Wildman–Crippen LogP) is 2.11. The fourth-order valence-corrected chi connectivity index (χ4v) is 3.42. The van der Waals surface area contributed by atoms with Crippen molar-refractivity contribution in [2.45, 2.75) is 57.9 Å². The standard InChI is InChI=1S/C12H25NO2S/c1-3-11-5-7-12(13,8-6-11)9-10-16(14,15)4-2/h11H,3-10,13H2,1-2H3. The van der Waals surface area contributed by atoms with Crippen LogP contribution < -0.4 is 5.73 Å². The van der Waals surface area contributed by atoms with Crippen LogP contribution >= 0.6 is 0 Å². The second-order valence-corrected chi connectivity index (χ2v) is 7.67. The van der Waals surface area contributed by atoms with E-state index in [0.29, 0.717) is 6.42 Å². The van der Waals surface area contributed by atoms with E-state index in [-0.39, 0.29) is 17.0 Å². The van der Waals surface area contributed by atoms with E-state index >= 15 is 0 Å². The first kappa shape index (κ1) is 14.0. The maximum atomic E-state index is 11.4. The lowest BCUT2D eigenvalue weighted by molar-refractivity contribution is 0.224. The topological polar surface area (TPSA) is 60.2 Å². The molecule has 2 N–H and O–H groups in total. The Morgan fingerprint density at radius 2 is 1.81 bits per heavy atom. The maximum Gasteiger partial charge on any atom is 0.150 e. The zero-order chi connectivity index (χ0) is 12.2. The molecule has 0 saturated heterocycles. The minimum Gasteiger partial charge on any atom is -0.325 e. The molecule has 0 unspecified atom stereocenters. The highest BCUT2D eigenvalue weighted by Crippen LogP contribution is 2.34. The summed E-state index contributed by atoms with van der Waals surface area (Å²) >= 11 is 0. The highest BCUT2D eigenvalue weighted by Gasteiger charge is 2.31. The van der Waals surface area contributed by atoms with Crippen molar-refractivity contribution < 1.29 is 8.42 Å². The third-order valence-corrected chi connectivity index (χ3v) is 5.73. The van der Waals surface area contributed by atoms with Crippen molar-refractivity contribution in [3.63, 3.8) is 0 Å². The molecule has 0 bridgehead atoms. The summed E-state index contributed by atoms with van der Waals surface area (Å²) in [5.74, 6) is 1.30. The van der Waals surface area contributed by atoms with Crippen LogP contribution in [0.2, 0.25) is 0 Å². The van der Waals surface area contributed by atoms with Gasteiger partial charge < -0.3 is 5.73 Å². The normalized spacial score (nSPS) is 31.6. The van der Waals surface area contributed by atoms with Gasteiger partial charge in [-0.25, -0.2) is 8.42 Å². The fourth-order valence-electron chi connectivity index (χ4n) is 2.41. The summed E-state index contributed by atoms with van der Waals surface area (Å²) < 4.78 is 22.9. The SMILES string of the molecule is CCC1CCC(N)(CCS(=O)(=O)CC)CC1. The molecule has 1 rings (SSSR count). The average Bonchev–Trinajstić information content (AvgIpc) is 2.28. The third-order valence-electron chi connectivity index (χ3n) is 4.03. The van der Waals surface area contributed by atoms with Gasteiger partial charge in [0.05, 0.1) is 5.75 Å². The lowest BCUT2D eigenvalue weighted by atomic mass is 9.75. The monoisotopic (exact) mass is 247 g/mol. The molecule has 0 atom stereocenters. The van der Waals surface area contributed by atoms with E-state index in [1.54, 1.807) is 6.92 Å². The Morgan fingerprint density at radius 3 is 2.25 bits per heavy atom. The van der Waals surface area contributed by atoms with Crippen molar-refractivity contribution in [3.05, 3.63) is 0 Å². The molecular weight excluding hydrogens is 222 g/mol. The molecule has 0 heterocycles. The summed E-state index contributed by atoms with van der Waals surface area (Å²) in [5, 5.41) is 0.